The molecule has 0 bridgehead atoms. The number of nitrogens with zero attached hydrogens (tertiary/aromatic N) is 1. The highest BCUT2D eigenvalue weighted by Crippen LogP contribution is 2.38. The van der Waals surface area contributed by atoms with Crippen molar-refractivity contribution in [2.24, 2.45) is 0 Å². The largest absolute Gasteiger partial charge is 0.756 e. The molecule has 65 heavy (non-hydrogen) atoms. The van der Waals surface area contributed by atoms with Gasteiger partial charge in [0.05, 0.1) is 27.7 Å². The van der Waals surface area contributed by atoms with E-state index in [1.807, 2.05) is 21.1 Å². The van der Waals surface area contributed by atoms with Crippen molar-refractivity contribution in [3.8, 4) is 0 Å². The first kappa shape index (κ1) is 63.8. The lowest BCUT2D eigenvalue weighted by atomic mass is 10.0. The van der Waals surface area contributed by atoms with Crippen molar-refractivity contribution in [2.45, 2.75) is 283 Å². The molecule has 1 unspecified atom stereocenters. The van der Waals surface area contributed by atoms with Gasteiger partial charge in [-0.2, -0.15) is 0 Å². The average molecular weight is 942 g/mol. The second kappa shape index (κ2) is 47.8. The first-order chi connectivity index (χ1) is 31.5. The molecule has 386 valence electrons. The van der Waals surface area contributed by atoms with Crippen molar-refractivity contribution in [1.82, 2.24) is 0 Å². The first-order valence-electron chi connectivity index (χ1n) is 27.9. The Morgan fingerprint density at radius 3 is 1.14 bits per heavy atom. The summed E-state index contributed by atoms with van der Waals surface area (Å²) in [5, 5.41) is 0. The number of ether oxygens (including phenoxy) is 2. The summed E-state index contributed by atoms with van der Waals surface area (Å²) in [6.45, 7) is 4.29. The van der Waals surface area contributed by atoms with Crippen LogP contribution in [0.2, 0.25) is 0 Å². The monoisotopic (exact) mass is 942 g/mol. The molecule has 0 heterocycles. The van der Waals surface area contributed by atoms with Crippen LogP contribution in [-0.2, 0) is 32.7 Å². The number of unbranched alkanes of at least 4 members (excludes halogenated alkanes) is 36. The van der Waals surface area contributed by atoms with E-state index in [-0.39, 0.29) is 32.0 Å². The molecule has 0 aliphatic rings. The molecule has 0 radical (unpaired) electrons. The first-order valence-corrected chi connectivity index (χ1v) is 29.4. The minimum Gasteiger partial charge on any atom is -0.756 e. The molecule has 2 atom stereocenters. The third-order valence-corrected chi connectivity index (χ3v) is 13.5. The summed E-state index contributed by atoms with van der Waals surface area (Å²) in [6.07, 6.45) is 53.9. The van der Waals surface area contributed by atoms with E-state index in [4.69, 9.17) is 18.5 Å². The number of carbonyl (C=O) groups is 2. The number of allylic oxidation sites excluding steroid dienone is 2. The van der Waals surface area contributed by atoms with Crippen LogP contribution in [0.4, 0.5) is 0 Å². The maximum absolute atomic E-state index is 12.8. The van der Waals surface area contributed by atoms with E-state index in [0.29, 0.717) is 17.4 Å². The predicted molar refractivity (Wildman–Crippen MR) is 273 cm³/mol. The third-order valence-electron chi connectivity index (χ3n) is 12.5. The van der Waals surface area contributed by atoms with Gasteiger partial charge in [0.25, 0.3) is 7.82 Å². The highest BCUT2D eigenvalue weighted by molar-refractivity contribution is 7.45. The maximum Gasteiger partial charge on any atom is 0.306 e. The van der Waals surface area contributed by atoms with Gasteiger partial charge in [-0.15, -0.1) is 0 Å². The van der Waals surface area contributed by atoms with Gasteiger partial charge in [-0.3, -0.25) is 14.2 Å². The van der Waals surface area contributed by atoms with Gasteiger partial charge in [0.15, 0.2) is 6.10 Å². The normalized spacial score (nSPS) is 13.4. The maximum atomic E-state index is 12.8. The fraction of sp³-hybridized carbons (Fsp3) is 0.927. The van der Waals surface area contributed by atoms with E-state index >= 15 is 0 Å². The molecular weight excluding hydrogens is 834 g/mol. The molecule has 9 nitrogen and oxygen atoms in total. The lowest BCUT2D eigenvalue weighted by Crippen LogP contribution is -2.37. The number of quaternary nitrogens is 1. The Balaban J connectivity index is 4.15. The zero-order valence-electron chi connectivity index (χ0n) is 43.7. The predicted octanol–water partition coefficient (Wildman–Crippen LogP) is 16.2. The Morgan fingerprint density at radius 1 is 0.462 bits per heavy atom. The van der Waals surface area contributed by atoms with Gasteiger partial charge in [0.2, 0.25) is 0 Å². The molecule has 0 spiro atoms. The number of esters is 2. The van der Waals surface area contributed by atoms with Crippen LogP contribution < -0.4 is 4.89 Å². The Labute approximate surface area is 403 Å². The van der Waals surface area contributed by atoms with Gasteiger partial charge in [0.1, 0.15) is 19.8 Å². The number of hydrogen-bond donors (Lipinski definition) is 0. The summed E-state index contributed by atoms with van der Waals surface area (Å²) in [6, 6.07) is 0. The van der Waals surface area contributed by atoms with Crippen LogP contribution in [0.3, 0.4) is 0 Å². The van der Waals surface area contributed by atoms with E-state index < -0.39 is 26.5 Å². The number of phosphoric acid groups is 1. The minimum atomic E-state index is -4.63. The van der Waals surface area contributed by atoms with Gasteiger partial charge >= 0.3 is 11.9 Å². The zero-order valence-corrected chi connectivity index (χ0v) is 44.6. The lowest BCUT2D eigenvalue weighted by molar-refractivity contribution is -0.870. The molecular formula is C55H108NO8P. The van der Waals surface area contributed by atoms with E-state index in [0.717, 1.165) is 38.5 Å². The summed E-state index contributed by atoms with van der Waals surface area (Å²) in [5.74, 6) is -0.818. The smallest absolute Gasteiger partial charge is 0.306 e. The van der Waals surface area contributed by atoms with Gasteiger partial charge < -0.3 is 27.9 Å². The minimum absolute atomic E-state index is 0.0275. The molecule has 10 heteroatoms. The van der Waals surface area contributed by atoms with Crippen molar-refractivity contribution < 1.29 is 42.1 Å². The lowest BCUT2D eigenvalue weighted by Gasteiger charge is -2.28. The summed E-state index contributed by atoms with van der Waals surface area (Å²) in [4.78, 5) is 37.8. The van der Waals surface area contributed by atoms with Crippen LogP contribution in [0.5, 0.6) is 0 Å². The molecule has 0 aliphatic heterocycles. The van der Waals surface area contributed by atoms with Crippen molar-refractivity contribution in [3.05, 3.63) is 12.2 Å². The van der Waals surface area contributed by atoms with E-state index in [1.54, 1.807) is 0 Å². The Bertz CT molecular complexity index is 1110. The molecule has 0 aliphatic carbocycles. The molecule has 0 saturated carbocycles. The Kier molecular flexibility index (Phi) is 46.9. The third kappa shape index (κ3) is 52.0. The summed E-state index contributed by atoms with van der Waals surface area (Å²) >= 11 is 0. The van der Waals surface area contributed by atoms with Crippen LogP contribution in [0.15, 0.2) is 12.2 Å². The van der Waals surface area contributed by atoms with Gasteiger partial charge in [-0.25, -0.2) is 0 Å². The van der Waals surface area contributed by atoms with Crippen molar-refractivity contribution in [3.63, 3.8) is 0 Å². The number of phosphoric ester groups is 1. The molecule has 0 amide bonds. The van der Waals surface area contributed by atoms with Gasteiger partial charge in [-0.05, 0) is 38.5 Å². The van der Waals surface area contributed by atoms with E-state index in [1.165, 1.54) is 205 Å². The average Bonchev–Trinajstić information content (AvgIpc) is 3.26. The molecule has 0 aromatic heterocycles. The zero-order chi connectivity index (χ0) is 47.8. The number of likely N-dealkylation sites (N-methyl/N-ethyl adjacent to an activating group) is 1. The SMILES string of the molecule is CCCCCCCC/C=C/CCCCCCCCCCCC(=O)O[C@H](COC(=O)CCCCCCCCCCCCCCCCCCCCCCCC)COP(=O)([O-])OCC[N+](C)(C)C. The highest BCUT2D eigenvalue weighted by Gasteiger charge is 2.22. The van der Waals surface area contributed by atoms with Crippen LogP contribution in [0, 0.1) is 0 Å². The standard InChI is InChI=1S/C55H108NO8P/c1-6-8-10-12-14-16-18-20-22-24-26-27-28-30-31-33-35-37-39-41-43-45-47-54(57)61-51-53(52-63-65(59,60)62-50-49-56(3,4)5)64-55(58)48-46-44-42-40-38-36-34-32-29-25-23-21-19-17-15-13-11-9-7-2/h21,23,53H,6-20,22,24-52H2,1-5H3/b23-21+/t53-/m1/s1. The summed E-state index contributed by atoms with van der Waals surface area (Å²) < 4.78 is 34.1. The summed E-state index contributed by atoms with van der Waals surface area (Å²) in [5.41, 5.74) is 0. The summed E-state index contributed by atoms with van der Waals surface area (Å²) in [7, 11) is 1.18. The molecule has 0 aromatic rings. The Morgan fingerprint density at radius 2 is 0.785 bits per heavy atom. The molecule has 0 N–H and O–H groups in total. The number of rotatable bonds is 52. The molecule has 0 saturated heterocycles. The second-order valence-corrected chi connectivity index (χ2v) is 21.7. The van der Waals surface area contributed by atoms with Crippen LogP contribution in [0.1, 0.15) is 277 Å². The van der Waals surface area contributed by atoms with Crippen LogP contribution in [-0.4, -0.2) is 70.0 Å². The van der Waals surface area contributed by atoms with Crippen molar-refractivity contribution in [1.29, 1.82) is 0 Å². The number of carbonyl (C=O) groups excluding carboxylic acids is 2. The molecule has 0 aromatic carbocycles. The highest BCUT2D eigenvalue weighted by atomic mass is 31.2. The topological polar surface area (TPSA) is 111 Å². The Hall–Kier alpha value is -1.25. The molecule has 0 fully saturated rings. The van der Waals surface area contributed by atoms with Crippen LogP contribution >= 0.6 is 7.82 Å². The quantitative estimate of drug-likeness (QED) is 0.0195. The van der Waals surface area contributed by atoms with Gasteiger partial charge in [0, 0.05) is 12.8 Å². The number of hydrogen-bond acceptors (Lipinski definition) is 8. The fourth-order valence-electron chi connectivity index (χ4n) is 8.18. The second-order valence-electron chi connectivity index (χ2n) is 20.3. The fourth-order valence-corrected chi connectivity index (χ4v) is 8.91. The van der Waals surface area contributed by atoms with Crippen LogP contribution in [0.25, 0.3) is 0 Å². The van der Waals surface area contributed by atoms with Gasteiger partial charge in [-0.1, -0.05) is 238 Å². The van der Waals surface area contributed by atoms with Crippen molar-refractivity contribution >= 4 is 19.8 Å². The van der Waals surface area contributed by atoms with E-state index in [2.05, 4.69) is 26.0 Å². The van der Waals surface area contributed by atoms with E-state index in [9.17, 15) is 19.0 Å². The molecule has 0 rings (SSSR count). The van der Waals surface area contributed by atoms with Crippen molar-refractivity contribution in [2.75, 3.05) is 47.5 Å².